The van der Waals surface area contributed by atoms with Gasteiger partial charge in [0.2, 0.25) is 0 Å². The lowest BCUT2D eigenvalue weighted by atomic mass is 10.4. The molecule has 9 heavy (non-hydrogen) atoms. The van der Waals surface area contributed by atoms with E-state index in [0.717, 1.165) is 5.70 Å². The van der Waals surface area contributed by atoms with Crippen molar-refractivity contribution < 1.29 is 4.79 Å². The first-order valence-corrected chi connectivity index (χ1v) is 4.14. The van der Waals surface area contributed by atoms with Crippen LogP contribution in [0.3, 0.4) is 0 Å². The molecule has 50 valence electrons. The van der Waals surface area contributed by atoms with Crippen molar-refractivity contribution in [3.8, 4) is 0 Å². The highest BCUT2D eigenvalue weighted by Crippen LogP contribution is 2.00. The second-order valence-corrected chi connectivity index (χ2v) is 3.16. The van der Waals surface area contributed by atoms with Crippen molar-refractivity contribution in [3.63, 3.8) is 0 Å². The van der Waals surface area contributed by atoms with Crippen molar-refractivity contribution >= 4 is 16.8 Å². The lowest BCUT2D eigenvalue weighted by Crippen LogP contribution is -2.25. The number of allylic oxidation sites excluding steroid dienone is 1. The van der Waals surface area contributed by atoms with Gasteiger partial charge in [0.15, 0.2) is 0 Å². The number of hydrogen-bond acceptors (Lipinski definition) is 2. The van der Waals surface area contributed by atoms with Gasteiger partial charge in [-0.1, -0.05) is 0 Å². The smallest absolute Gasteiger partial charge is 0.256 e. The van der Waals surface area contributed by atoms with Crippen LogP contribution in [0.2, 0.25) is 0 Å². The number of nitrogens with one attached hydrogen (secondary N) is 1. The standard InChI is InChI=1S/C5H8N2OS/c1-4-3-5(8)7-9(2)6-4/h3H,1-2H3,(H,6,7,8). The van der Waals surface area contributed by atoms with Crippen LogP contribution in [0.15, 0.2) is 16.1 Å². The van der Waals surface area contributed by atoms with Crippen LogP contribution in [0.25, 0.3) is 0 Å². The molecule has 0 saturated heterocycles. The van der Waals surface area contributed by atoms with Gasteiger partial charge in [0, 0.05) is 12.3 Å². The minimum absolute atomic E-state index is 0.0340. The molecule has 4 heteroatoms. The maximum atomic E-state index is 10.6. The van der Waals surface area contributed by atoms with Gasteiger partial charge in [-0.3, -0.25) is 9.52 Å². The average Bonchev–Trinajstić information content (AvgIpc) is 1.59. The van der Waals surface area contributed by atoms with E-state index < -0.39 is 0 Å². The number of amides is 1. The molecule has 0 fully saturated rings. The molecule has 3 nitrogen and oxygen atoms in total. The number of nitrogens with zero attached hydrogens (tertiary/aromatic N) is 1. The van der Waals surface area contributed by atoms with Crippen LogP contribution in [0.4, 0.5) is 0 Å². The zero-order valence-electron chi connectivity index (χ0n) is 5.34. The molecule has 1 heterocycles. The Morgan fingerprint density at radius 1 is 1.78 bits per heavy atom. The Kier molecular flexibility index (Phi) is 1.66. The first-order chi connectivity index (χ1) is 4.18. The van der Waals surface area contributed by atoms with Gasteiger partial charge in [0.1, 0.15) is 0 Å². The molecule has 1 atom stereocenters. The fourth-order valence-corrected chi connectivity index (χ4v) is 1.51. The van der Waals surface area contributed by atoms with E-state index in [0.29, 0.717) is 0 Å². The summed E-state index contributed by atoms with van der Waals surface area (Å²) in [5, 5.41) is 0. The summed E-state index contributed by atoms with van der Waals surface area (Å²) >= 11 is 0. The topological polar surface area (TPSA) is 41.5 Å². The highest BCUT2D eigenvalue weighted by molar-refractivity contribution is 7.85. The Labute approximate surface area is 56.4 Å². The summed E-state index contributed by atoms with van der Waals surface area (Å²) in [5.74, 6) is -0.0340. The monoisotopic (exact) mass is 144 g/mol. The molecule has 1 rings (SSSR count). The summed E-state index contributed by atoms with van der Waals surface area (Å²) in [4.78, 5) is 10.6. The van der Waals surface area contributed by atoms with Gasteiger partial charge in [0.05, 0.1) is 5.70 Å². The Morgan fingerprint density at radius 3 is 2.89 bits per heavy atom. The minimum atomic E-state index is -0.293. The quantitative estimate of drug-likeness (QED) is 0.524. The van der Waals surface area contributed by atoms with E-state index in [9.17, 15) is 4.79 Å². The molecule has 1 aliphatic rings. The van der Waals surface area contributed by atoms with Gasteiger partial charge in [-0.15, -0.1) is 0 Å². The number of rotatable bonds is 0. The van der Waals surface area contributed by atoms with Gasteiger partial charge in [-0.2, -0.15) is 0 Å². The van der Waals surface area contributed by atoms with Crippen molar-refractivity contribution in [2.45, 2.75) is 6.92 Å². The van der Waals surface area contributed by atoms with Crippen LogP contribution in [0, 0.1) is 0 Å². The summed E-state index contributed by atoms with van der Waals surface area (Å²) in [7, 11) is -0.293. The normalized spacial score (nSPS) is 26.2. The first-order valence-electron chi connectivity index (χ1n) is 2.55. The van der Waals surface area contributed by atoms with Crippen LogP contribution in [0.1, 0.15) is 6.92 Å². The predicted octanol–water partition coefficient (Wildman–Crippen LogP) is 0.367. The zero-order chi connectivity index (χ0) is 6.85. The summed E-state index contributed by atoms with van der Waals surface area (Å²) in [6, 6.07) is 0. The fraction of sp³-hybridized carbons (Fsp3) is 0.400. The second-order valence-electron chi connectivity index (χ2n) is 1.82. The van der Waals surface area contributed by atoms with Crippen LogP contribution in [-0.4, -0.2) is 12.2 Å². The van der Waals surface area contributed by atoms with Gasteiger partial charge < -0.3 is 0 Å². The SMILES string of the molecule is CC1=CC(=O)NS(C)=N1. The lowest BCUT2D eigenvalue weighted by molar-refractivity contribution is -0.114. The molecule has 0 radical (unpaired) electrons. The Morgan fingerprint density at radius 2 is 2.44 bits per heavy atom. The fourth-order valence-electron chi connectivity index (χ4n) is 0.630. The molecular formula is C5H8N2OS. The molecule has 0 bridgehead atoms. The van der Waals surface area contributed by atoms with Crippen LogP contribution >= 0.6 is 0 Å². The van der Waals surface area contributed by atoms with E-state index >= 15 is 0 Å². The lowest BCUT2D eigenvalue weighted by Gasteiger charge is -2.07. The maximum absolute atomic E-state index is 10.6. The summed E-state index contributed by atoms with van der Waals surface area (Å²) in [5.41, 5.74) is 0.810. The van der Waals surface area contributed by atoms with E-state index in [2.05, 4.69) is 9.08 Å². The molecule has 1 aliphatic heterocycles. The van der Waals surface area contributed by atoms with Gasteiger partial charge in [-0.05, 0) is 17.8 Å². The van der Waals surface area contributed by atoms with Gasteiger partial charge >= 0.3 is 0 Å². The van der Waals surface area contributed by atoms with E-state index in [4.69, 9.17) is 0 Å². The molecule has 0 aromatic heterocycles. The van der Waals surface area contributed by atoms with E-state index in [-0.39, 0.29) is 16.8 Å². The Balaban J connectivity index is 2.86. The molecule has 1 amide bonds. The van der Waals surface area contributed by atoms with Crippen molar-refractivity contribution in [1.29, 1.82) is 0 Å². The molecule has 1 unspecified atom stereocenters. The van der Waals surface area contributed by atoms with Gasteiger partial charge in [0.25, 0.3) is 5.91 Å². The Bertz CT molecular complexity index is 207. The molecule has 0 aromatic rings. The van der Waals surface area contributed by atoms with Crippen LogP contribution in [0.5, 0.6) is 0 Å². The van der Waals surface area contributed by atoms with E-state index in [1.165, 1.54) is 6.08 Å². The third kappa shape index (κ3) is 1.64. The highest BCUT2D eigenvalue weighted by atomic mass is 32.2. The third-order valence-electron chi connectivity index (χ3n) is 0.869. The van der Waals surface area contributed by atoms with E-state index in [1.807, 2.05) is 13.2 Å². The third-order valence-corrected chi connectivity index (χ3v) is 1.93. The van der Waals surface area contributed by atoms with Gasteiger partial charge in [-0.25, -0.2) is 4.36 Å². The van der Waals surface area contributed by atoms with Crippen molar-refractivity contribution in [1.82, 2.24) is 4.72 Å². The highest BCUT2D eigenvalue weighted by Gasteiger charge is 2.02. The number of hydrogen-bond donors (Lipinski definition) is 1. The predicted molar refractivity (Wildman–Crippen MR) is 37.6 cm³/mol. The molecule has 1 N–H and O–H groups in total. The summed E-state index contributed by atoms with van der Waals surface area (Å²) < 4.78 is 6.75. The van der Waals surface area contributed by atoms with Crippen LogP contribution < -0.4 is 4.72 Å². The number of carbonyl (C=O) groups excluding carboxylic acids is 1. The zero-order valence-corrected chi connectivity index (χ0v) is 6.16. The Hall–Kier alpha value is -0.640. The first kappa shape index (κ1) is 6.48. The van der Waals surface area contributed by atoms with Crippen LogP contribution in [-0.2, 0) is 15.7 Å². The maximum Gasteiger partial charge on any atom is 0.256 e. The average molecular weight is 144 g/mol. The summed E-state index contributed by atoms with van der Waals surface area (Å²) in [6.07, 6.45) is 3.36. The summed E-state index contributed by atoms with van der Waals surface area (Å²) in [6.45, 7) is 1.82. The molecule has 0 aliphatic carbocycles. The van der Waals surface area contributed by atoms with Crippen molar-refractivity contribution in [2.24, 2.45) is 4.36 Å². The number of carbonyl (C=O) groups is 1. The van der Waals surface area contributed by atoms with Crippen molar-refractivity contribution in [3.05, 3.63) is 11.8 Å². The minimum Gasteiger partial charge on any atom is -0.288 e. The van der Waals surface area contributed by atoms with E-state index in [1.54, 1.807) is 0 Å². The molecule has 0 aromatic carbocycles. The largest absolute Gasteiger partial charge is 0.288 e. The van der Waals surface area contributed by atoms with Crippen molar-refractivity contribution in [2.75, 3.05) is 6.26 Å². The molecule has 0 spiro atoms. The molecular weight excluding hydrogens is 136 g/mol. The second kappa shape index (κ2) is 2.31. The molecule has 0 saturated carbocycles.